The van der Waals surface area contributed by atoms with E-state index < -0.39 is 0 Å². The third-order valence-electron chi connectivity index (χ3n) is 4.61. The number of rotatable bonds is 6. The minimum atomic E-state index is 0. The van der Waals surface area contributed by atoms with E-state index in [4.69, 9.17) is 26.8 Å². The fourth-order valence-corrected chi connectivity index (χ4v) is 3.22. The van der Waals surface area contributed by atoms with Crippen molar-refractivity contribution >= 4 is 47.2 Å². The Morgan fingerprint density at radius 2 is 1.96 bits per heavy atom. The fraction of sp³-hybridized carbons (Fsp3) is 0.611. The number of benzene rings is 1. The van der Waals surface area contributed by atoms with Gasteiger partial charge < -0.3 is 25.0 Å². The molecular formula is C18H28ClIN4O2. The van der Waals surface area contributed by atoms with Crippen molar-refractivity contribution in [3.63, 3.8) is 0 Å². The molecule has 0 saturated carbocycles. The van der Waals surface area contributed by atoms with Gasteiger partial charge in [-0.3, -0.25) is 4.99 Å². The lowest BCUT2D eigenvalue weighted by Gasteiger charge is -2.36. The van der Waals surface area contributed by atoms with E-state index in [-0.39, 0.29) is 30.1 Å². The number of aliphatic imine (C=N–C) groups is 1. The van der Waals surface area contributed by atoms with Gasteiger partial charge in [0.2, 0.25) is 0 Å². The Kier molecular flexibility index (Phi) is 9.24. The summed E-state index contributed by atoms with van der Waals surface area (Å²) >= 11 is 5.95. The SMILES string of the molecule is I.NC(=NCCCOC1CCOC1)N1CCN(c2ccc(Cl)cc2)CC1. The zero-order valence-electron chi connectivity index (χ0n) is 15.0. The fourth-order valence-electron chi connectivity index (χ4n) is 3.10. The van der Waals surface area contributed by atoms with E-state index in [1.807, 2.05) is 12.1 Å². The summed E-state index contributed by atoms with van der Waals surface area (Å²) < 4.78 is 11.0. The standard InChI is InChI=1S/C18H27ClN4O2.HI/c19-15-2-4-16(5-3-15)22-8-10-23(11-9-22)18(20)21-7-1-12-25-17-6-13-24-14-17;/h2-5,17H,1,6-14H2,(H2,20,21);1H. The molecule has 2 aliphatic heterocycles. The molecule has 0 aromatic heterocycles. The van der Waals surface area contributed by atoms with Crippen LogP contribution in [0.1, 0.15) is 12.8 Å². The monoisotopic (exact) mass is 494 g/mol. The van der Waals surface area contributed by atoms with E-state index in [0.717, 1.165) is 63.9 Å². The molecule has 2 heterocycles. The van der Waals surface area contributed by atoms with E-state index in [1.54, 1.807) is 0 Å². The lowest BCUT2D eigenvalue weighted by Crippen LogP contribution is -2.51. The molecule has 1 aromatic rings. The number of hydrogen-bond acceptors (Lipinski definition) is 4. The average Bonchev–Trinajstić information content (AvgIpc) is 3.15. The number of hydrogen-bond donors (Lipinski definition) is 1. The molecule has 0 amide bonds. The molecule has 2 N–H and O–H groups in total. The number of anilines is 1. The van der Waals surface area contributed by atoms with E-state index in [9.17, 15) is 0 Å². The highest BCUT2D eigenvalue weighted by Gasteiger charge is 2.18. The third-order valence-corrected chi connectivity index (χ3v) is 4.87. The molecule has 1 aromatic carbocycles. The van der Waals surface area contributed by atoms with Gasteiger partial charge in [-0.05, 0) is 37.1 Å². The molecule has 2 saturated heterocycles. The Morgan fingerprint density at radius 3 is 2.62 bits per heavy atom. The largest absolute Gasteiger partial charge is 0.379 e. The number of nitrogens with zero attached hydrogens (tertiary/aromatic N) is 3. The van der Waals surface area contributed by atoms with Gasteiger partial charge in [0.25, 0.3) is 0 Å². The summed E-state index contributed by atoms with van der Waals surface area (Å²) in [5.74, 6) is 0.639. The van der Waals surface area contributed by atoms with Gasteiger partial charge >= 0.3 is 0 Å². The molecule has 8 heteroatoms. The van der Waals surface area contributed by atoms with E-state index >= 15 is 0 Å². The smallest absolute Gasteiger partial charge is 0.191 e. The summed E-state index contributed by atoms with van der Waals surface area (Å²) in [5.41, 5.74) is 7.34. The van der Waals surface area contributed by atoms with Crippen molar-refractivity contribution < 1.29 is 9.47 Å². The Balaban J connectivity index is 0.00000243. The van der Waals surface area contributed by atoms with Crippen molar-refractivity contribution in [1.29, 1.82) is 0 Å². The lowest BCUT2D eigenvalue weighted by molar-refractivity contribution is 0.0424. The van der Waals surface area contributed by atoms with Crippen LogP contribution in [0, 0.1) is 0 Å². The molecule has 3 rings (SSSR count). The third kappa shape index (κ3) is 6.44. The summed E-state index contributed by atoms with van der Waals surface area (Å²) in [6, 6.07) is 7.98. The molecule has 6 nitrogen and oxygen atoms in total. The molecule has 2 fully saturated rings. The molecule has 26 heavy (non-hydrogen) atoms. The summed E-state index contributed by atoms with van der Waals surface area (Å²) in [6.07, 6.45) is 2.16. The minimum Gasteiger partial charge on any atom is -0.379 e. The number of piperazine rings is 1. The van der Waals surface area contributed by atoms with E-state index in [1.165, 1.54) is 5.69 Å². The van der Waals surface area contributed by atoms with Gasteiger partial charge in [0.15, 0.2) is 5.96 Å². The highest BCUT2D eigenvalue weighted by Crippen LogP contribution is 2.19. The number of halogens is 2. The second-order valence-corrected chi connectivity index (χ2v) is 6.84. The maximum absolute atomic E-state index is 6.14. The Morgan fingerprint density at radius 1 is 1.23 bits per heavy atom. The van der Waals surface area contributed by atoms with Crippen LogP contribution < -0.4 is 10.6 Å². The van der Waals surface area contributed by atoms with Gasteiger partial charge in [-0.2, -0.15) is 0 Å². The maximum Gasteiger partial charge on any atom is 0.191 e. The van der Waals surface area contributed by atoms with Crippen LogP contribution in [-0.4, -0.2) is 69.5 Å². The Bertz CT molecular complexity index is 559. The van der Waals surface area contributed by atoms with Gasteiger partial charge in [-0.15, -0.1) is 24.0 Å². The van der Waals surface area contributed by atoms with E-state index in [0.29, 0.717) is 12.5 Å². The zero-order valence-corrected chi connectivity index (χ0v) is 18.1. The van der Waals surface area contributed by atoms with Crippen molar-refractivity contribution in [1.82, 2.24) is 4.90 Å². The normalized spacial score (nSPS) is 21.0. The van der Waals surface area contributed by atoms with Crippen LogP contribution in [0.4, 0.5) is 5.69 Å². The first-order chi connectivity index (χ1) is 12.2. The van der Waals surface area contributed by atoms with Crippen LogP contribution in [0.15, 0.2) is 29.3 Å². The Labute approximate surface area is 177 Å². The van der Waals surface area contributed by atoms with Crippen LogP contribution in [0.5, 0.6) is 0 Å². The first-order valence-corrected chi connectivity index (χ1v) is 9.35. The quantitative estimate of drug-likeness (QED) is 0.285. The van der Waals surface area contributed by atoms with Gasteiger partial charge in [0, 0.05) is 56.6 Å². The average molecular weight is 495 g/mol. The molecule has 0 spiro atoms. The molecule has 146 valence electrons. The van der Waals surface area contributed by atoms with Gasteiger partial charge in [0.1, 0.15) is 0 Å². The summed E-state index contributed by atoms with van der Waals surface area (Å²) in [4.78, 5) is 8.99. The van der Waals surface area contributed by atoms with Crippen LogP contribution in [0.3, 0.4) is 0 Å². The number of nitrogens with two attached hydrogens (primary N) is 1. The first kappa shape index (κ1) is 21.5. The van der Waals surface area contributed by atoms with Crippen molar-refractivity contribution in [3.8, 4) is 0 Å². The maximum atomic E-state index is 6.14. The molecule has 0 aliphatic carbocycles. The molecule has 1 unspecified atom stereocenters. The second kappa shape index (κ2) is 11.2. The minimum absolute atomic E-state index is 0. The van der Waals surface area contributed by atoms with Crippen molar-refractivity contribution in [2.45, 2.75) is 18.9 Å². The topological polar surface area (TPSA) is 63.3 Å². The van der Waals surface area contributed by atoms with Crippen LogP contribution >= 0.6 is 35.6 Å². The van der Waals surface area contributed by atoms with Crippen molar-refractivity contribution in [2.24, 2.45) is 10.7 Å². The van der Waals surface area contributed by atoms with Gasteiger partial charge in [-0.25, -0.2) is 0 Å². The number of guanidine groups is 1. The second-order valence-electron chi connectivity index (χ2n) is 6.40. The Hall–Kier alpha value is -0.770. The molecule has 1 atom stereocenters. The molecule has 0 bridgehead atoms. The summed E-state index contributed by atoms with van der Waals surface area (Å²) in [5, 5.41) is 0.767. The molecule has 2 aliphatic rings. The van der Waals surface area contributed by atoms with Crippen molar-refractivity contribution in [2.75, 3.05) is 57.4 Å². The summed E-state index contributed by atoms with van der Waals surface area (Å²) in [7, 11) is 0. The van der Waals surface area contributed by atoms with Crippen molar-refractivity contribution in [3.05, 3.63) is 29.3 Å². The predicted octanol–water partition coefficient (Wildman–Crippen LogP) is 2.59. The van der Waals surface area contributed by atoms with E-state index in [2.05, 4.69) is 26.9 Å². The first-order valence-electron chi connectivity index (χ1n) is 8.97. The molecular weight excluding hydrogens is 467 g/mol. The van der Waals surface area contributed by atoms with Crippen LogP contribution in [0.25, 0.3) is 0 Å². The van der Waals surface area contributed by atoms with Gasteiger partial charge in [0.05, 0.1) is 12.7 Å². The van der Waals surface area contributed by atoms with Gasteiger partial charge in [-0.1, -0.05) is 11.6 Å². The van der Waals surface area contributed by atoms with Crippen LogP contribution in [-0.2, 0) is 9.47 Å². The lowest BCUT2D eigenvalue weighted by atomic mass is 10.2. The number of ether oxygens (including phenoxy) is 2. The molecule has 0 radical (unpaired) electrons. The zero-order chi connectivity index (χ0) is 17.5. The van der Waals surface area contributed by atoms with Crippen LogP contribution in [0.2, 0.25) is 5.02 Å². The highest BCUT2D eigenvalue weighted by atomic mass is 127. The predicted molar refractivity (Wildman–Crippen MR) is 117 cm³/mol. The summed E-state index contributed by atoms with van der Waals surface area (Å²) in [6.45, 7) is 6.60. The highest BCUT2D eigenvalue weighted by molar-refractivity contribution is 14.0.